The third-order valence-electron chi connectivity index (χ3n) is 3.41. The van der Waals surface area contributed by atoms with Crippen LogP contribution in [0.1, 0.15) is 5.56 Å². The molecule has 2 aromatic carbocycles. The number of nitrogens with one attached hydrogen (secondary N) is 1. The van der Waals surface area contributed by atoms with E-state index in [-0.39, 0.29) is 5.82 Å². The Bertz CT molecular complexity index is 779. The smallest absolute Gasteiger partial charge is 0.125 e. The van der Waals surface area contributed by atoms with Crippen LogP contribution in [0.15, 0.2) is 36.4 Å². The number of anilines is 1. The summed E-state index contributed by atoms with van der Waals surface area (Å²) in [6.07, 6.45) is 1.06. The number of aromatic nitrogens is 1. The zero-order valence-electron chi connectivity index (χ0n) is 10.1. The minimum Gasteiger partial charge on any atom is -0.384 e. The second-order valence-electron chi connectivity index (χ2n) is 4.68. The summed E-state index contributed by atoms with van der Waals surface area (Å²) < 4.78 is 14.2. The lowest BCUT2D eigenvalue weighted by atomic mass is 10.1. The van der Waals surface area contributed by atoms with E-state index < -0.39 is 0 Å². The van der Waals surface area contributed by atoms with Crippen LogP contribution < -0.4 is 5.32 Å². The maximum Gasteiger partial charge on any atom is 0.125 e. The summed E-state index contributed by atoms with van der Waals surface area (Å²) in [5.41, 5.74) is 4.40. The Kier molecular flexibility index (Phi) is 2.32. The number of fused-ring (bicyclic) bond motifs is 2. The van der Waals surface area contributed by atoms with E-state index in [0.717, 1.165) is 33.8 Å². The molecule has 0 aliphatic carbocycles. The second kappa shape index (κ2) is 4.03. The molecule has 0 fully saturated rings. The predicted octanol–water partition coefficient (Wildman–Crippen LogP) is 4.07. The molecule has 0 atom stereocenters. The molecule has 0 radical (unpaired) electrons. The summed E-state index contributed by atoms with van der Waals surface area (Å²) in [5, 5.41) is 4.30. The van der Waals surface area contributed by atoms with Crippen molar-refractivity contribution >= 4 is 27.2 Å². The summed E-state index contributed by atoms with van der Waals surface area (Å²) in [6, 6.07) is 11.1. The van der Waals surface area contributed by atoms with Crippen molar-refractivity contribution < 1.29 is 4.39 Å². The van der Waals surface area contributed by atoms with Gasteiger partial charge in [-0.25, -0.2) is 9.37 Å². The first kappa shape index (κ1) is 10.9. The van der Waals surface area contributed by atoms with Crippen LogP contribution in [-0.4, -0.2) is 11.5 Å². The van der Waals surface area contributed by atoms with Crippen LogP contribution in [0.2, 0.25) is 0 Å². The number of nitrogens with zero attached hydrogens (tertiary/aromatic N) is 1. The van der Waals surface area contributed by atoms with Gasteiger partial charge >= 0.3 is 0 Å². The van der Waals surface area contributed by atoms with Gasteiger partial charge in [0.2, 0.25) is 0 Å². The van der Waals surface area contributed by atoms with Gasteiger partial charge in [0, 0.05) is 23.9 Å². The first-order valence-electron chi connectivity index (χ1n) is 6.23. The van der Waals surface area contributed by atoms with Crippen molar-refractivity contribution in [3.63, 3.8) is 0 Å². The molecule has 1 aliphatic heterocycles. The molecule has 4 heteroatoms. The monoisotopic (exact) mass is 270 g/mol. The second-order valence-corrected chi connectivity index (χ2v) is 5.71. The van der Waals surface area contributed by atoms with E-state index in [1.807, 2.05) is 0 Å². The lowest BCUT2D eigenvalue weighted by Crippen LogP contribution is -1.90. The van der Waals surface area contributed by atoms with Gasteiger partial charge in [-0.15, -0.1) is 11.3 Å². The Morgan fingerprint density at radius 3 is 3.05 bits per heavy atom. The van der Waals surface area contributed by atoms with Gasteiger partial charge in [0.15, 0.2) is 0 Å². The van der Waals surface area contributed by atoms with Crippen LogP contribution in [0.3, 0.4) is 0 Å². The summed E-state index contributed by atoms with van der Waals surface area (Å²) in [5.74, 6) is -0.234. The van der Waals surface area contributed by atoms with Gasteiger partial charge in [-0.3, -0.25) is 0 Å². The summed E-state index contributed by atoms with van der Waals surface area (Å²) in [4.78, 5) is 4.53. The average molecular weight is 270 g/mol. The normalized spacial score (nSPS) is 13.5. The van der Waals surface area contributed by atoms with Crippen LogP contribution in [-0.2, 0) is 6.42 Å². The van der Waals surface area contributed by atoms with Crippen molar-refractivity contribution in [2.24, 2.45) is 0 Å². The summed E-state index contributed by atoms with van der Waals surface area (Å²) >= 11 is 1.61. The molecule has 0 amide bonds. The molecule has 2 heterocycles. The number of hydrogen-bond donors (Lipinski definition) is 1. The predicted molar refractivity (Wildman–Crippen MR) is 77.2 cm³/mol. The molecule has 19 heavy (non-hydrogen) atoms. The van der Waals surface area contributed by atoms with Crippen LogP contribution >= 0.6 is 11.3 Å². The Morgan fingerprint density at radius 2 is 2.11 bits per heavy atom. The van der Waals surface area contributed by atoms with E-state index >= 15 is 0 Å². The molecule has 0 saturated heterocycles. The number of benzene rings is 2. The highest BCUT2D eigenvalue weighted by Crippen LogP contribution is 2.33. The number of halogens is 1. The van der Waals surface area contributed by atoms with Gasteiger partial charge in [-0.1, -0.05) is 0 Å². The zero-order valence-corrected chi connectivity index (χ0v) is 10.9. The first-order chi connectivity index (χ1) is 9.29. The van der Waals surface area contributed by atoms with E-state index in [1.165, 1.54) is 23.4 Å². The number of rotatable bonds is 1. The fourth-order valence-electron chi connectivity index (χ4n) is 2.46. The van der Waals surface area contributed by atoms with E-state index in [0.29, 0.717) is 0 Å². The minimum absolute atomic E-state index is 0.234. The highest BCUT2D eigenvalue weighted by molar-refractivity contribution is 7.21. The van der Waals surface area contributed by atoms with Crippen LogP contribution in [0.5, 0.6) is 0 Å². The molecular formula is C15H11FN2S. The molecule has 1 N–H and O–H groups in total. The SMILES string of the molecule is Fc1ccc2sc(-c3ccc4c(c3)CCN4)nc2c1. The number of hydrogen-bond acceptors (Lipinski definition) is 3. The van der Waals surface area contributed by atoms with Crippen molar-refractivity contribution in [1.82, 2.24) is 4.98 Å². The van der Waals surface area contributed by atoms with Gasteiger partial charge in [-0.2, -0.15) is 0 Å². The van der Waals surface area contributed by atoms with Crippen molar-refractivity contribution in [1.29, 1.82) is 0 Å². The fraction of sp³-hybridized carbons (Fsp3) is 0.133. The zero-order chi connectivity index (χ0) is 12.8. The van der Waals surface area contributed by atoms with Crippen molar-refractivity contribution in [2.45, 2.75) is 6.42 Å². The first-order valence-corrected chi connectivity index (χ1v) is 7.04. The van der Waals surface area contributed by atoms with Gasteiger partial charge in [-0.05, 0) is 42.3 Å². The van der Waals surface area contributed by atoms with Crippen LogP contribution in [0, 0.1) is 5.82 Å². The summed E-state index contributed by atoms with van der Waals surface area (Å²) in [7, 11) is 0. The maximum atomic E-state index is 13.2. The molecule has 0 bridgehead atoms. The fourth-order valence-corrected chi connectivity index (χ4v) is 3.40. The molecular weight excluding hydrogens is 259 g/mol. The minimum atomic E-state index is -0.234. The lowest BCUT2D eigenvalue weighted by Gasteiger charge is -2.01. The van der Waals surface area contributed by atoms with E-state index in [1.54, 1.807) is 17.4 Å². The Morgan fingerprint density at radius 1 is 1.16 bits per heavy atom. The van der Waals surface area contributed by atoms with Gasteiger partial charge in [0.25, 0.3) is 0 Å². The van der Waals surface area contributed by atoms with Crippen molar-refractivity contribution in [3.8, 4) is 10.6 Å². The molecule has 2 nitrogen and oxygen atoms in total. The molecule has 0 spiro atoms. The Labute approximate surface area is 113 Å². The van der Waals surface area contributed by atoms with E-state index in [4.69, 9.17) is 0 Å². The highest BCUT2D eigenvalue weighted by Gasteiger charge is 2.13. The lowest BCUT2D eigenvalue weighted by molar-refractivity contribution is 0.629. The molecule has 94 valence electrons. The summed E-state index contributed by atoms with van der Waals surface area (Å²) in [6.45, 7) is 1.00. The molecule has 0 saturated carbocycles. The average Bonchev–Trinajstić information content (AvgIpc) is 3.02. The van der Waals surface area contributed by atoms with Crippen LogP contribution in [0.4, 0.5) is 10.1 Å². The van der Waals surface area contributed by atoms with E-state index in [2.05, 4.69) is 28.5 Å². The Balaban J connectivity index is 1.85. The highest BCUT2D eigenvalue weighted by atomic mass is 32.1. The third kappa shape index (κ3) is 1.79. The van der Waals surface area contributed by atoms with Crippen LogP contribution in [0.25, 0.3) is 20.8 Å². The Hall–Kier alpha value is -1.94. The quantitative estimate of drug-likeness (QED) is 0.721. The van der Waals surface area contributed by atoms with Crippen molar-refractivity contribution in [2.75, 3.05) is 11.9 Å². The van der Waals surface area contributed by atoms with Gasteiger partial charge in [0.05, 0.1) is 10.2 Å². The number of thiazole rings is 1. The topological polar surface area (TPSA) is 24.9 Å². The van der Waals surface area contributed by atoms with Crippen molar-refractivity contribution in [3.05, 3.63) is 47.8 Å². The van der Waals surface area contributed by atoms with Gasteiger partial charge < -0.3 is 5.32 Å². The van der Waals surface area contributed by atoms with Gasteiger partial charge in [0.1, 0.15) is 10.8 Å². The molecule has 1 aliphatic rings. The molecule has 1 aromatic heterocycles. The molecule has 0 unspecified atom stereocenters. The third-order valence-corrected chi connectivity index (χ3v) is 4.50. The molecule has 3 aromatic rings. The maximum absolute atomic E-state index is 13.2. The van der Waals surface area contributed by atoms with E-state index in [9.17, 15) is 4.39 Å². The molecule has 4 rings (SSSR count). The standard InChI is InChI=1S/C15H11FN2S/c16-11-2-4-14-13(8-11)18-15(19-14)10-1-3-12-9(7-10)5-6-17-12/h1-4,7-8,17H,5-6H2. The largest absolute Gasteiger partial charge is 0.384 e.